The van der Waals surface area contributed by atoms with E-state index in [4.69, 9.17) is 5.73 Å². The van der Waals surface area contributed by atoms with Crippen molar-refractivity contribution in [1.82, 2.24) is 10.6 Å². The molecule has 4 fully saturated rings. The second-order valence-corrected chi connectivity index (χ2v) is 15.6. The molecule has 0 spiro atoms. The topological polar surface area (TPSA) is 90.5 Å². The lowest BCUT2D eigenvalue weighted by Gasteiger charge is -2.62. The molecule has 0 saturated heterocycles. The fourth-order valence-electron chi connectivity index (χ4n) is 10.6. The van der Waals surface area contributed by atoms with Gasteiger partial charge < -0.3 is 26.6 Å². The predicted molar refractivity (Wildman–Crippen MR) is 168 cm³/mol. The number of hydrogen-bond acceptors (Lipinski definition) is 5. The van der Waals surface area contributed by atoms with Gasteiger partial charge in [0.2, 0.25) is 0 Å². The van der Waals surface area contributed by atoms with Crippen molar-refractivity contribution in [3.05, 3.63) is 0 Å². The van der Waals surface area contributed by atoms with Crippen molar-refractivity contribution < 1.29 is 10.2 Å². The number of nitrogens with two attached hydrogens (primary N) is 1. The third-order valence-electron chi connectivity index (χ3n) is 13.4. The van der Waals surface area contributed by atoms with Gasteiger partial charge in [0.15, 0.2) is 0 Å². The highest BCUT2D eigenvalue weighted by Crippen LogP contribution is 2.68. The fourth-order valence-corrected chi connectivity index (χ4v) is 10.6. The summed E-state index contributed by atoms with van der Waals surface area (Å²) in [5.41, 5.74) is 6.35. The van der Waals surface area contributed by atoms with Gasteiger partial charge in [0, 0.05) is 6.04 Å². The Morgan fingerprint density at radius 3 is 2.35 bits per heavy atom. The first-order valence-electron chi connectivity index (χ1n) is 17.7. The molecule has 5 heteroatoms. The van der Waals surface area contributed by atoms with Crippen LogP contribution in [-0.2, 0) is 0 Å². The minimum atomic E-state index is -0.155. The molecule has 0 heterocycles. The summed E-state index contributed by atoms with van der Waals surface area (Å²) >= 11 is 0. The molecule has 0 bridgehead atoms. The lowest BCUT2D eigenvalue weighted by Crippen LogP contribution is -2.59. The molecule has 5 nitrogen and oxygen atoms in total. The van der Waals surface area contributed by atoms with Gasteiger partial charge in [-0.05, 0) is 162 Å². The highest BCUT2D eigenvalue weighted by atomic mass is 16.3. The average Bonchev–Trinajstić information content (AvgIpc) is 3.30. The van der Waals surface area contributed by atoms with Crippen LogP contribution >= 0.6 is 0 Å². The molecule has 40 heavy (non-hydrogen) atoms. The Morgan fingerprint density at radius 1 is 0.875 bits per heavy atom. The Bertz CT molecular complexity index is 765. The number of rotatable bonds is 15. The number of aliphatic hydroxyl groups is 2. The van der Waals surface area contributed by atoms with Crippen LogP contribution in [0, 0.1) is 52.3 Å². The molecule has 0 radical (unpaired) electrons. The van der Waals surface area contributed by atoms with Gasteiger partial charge in [0.05, 0.1) is 12.2 Å². The van der Waals surface area contributed by atoms with Crippen molar-refractivity contribution in [2.75, 3.05) is 26.2 Å². The van der Waals surface area contributed by atoms with Gasteiger partial charge in [-0.25, -0.2) is 0 Å². The normalized spacial score (nSPS) is 41.5. The van der Waals surface area contributed by atoms with E-state index in [1.807, 2.05) is 0 Å². The molecule has 0 amide bonds. The van der Waals surface area contributed by atoms with Gasteiger partial charge in [-0.3, -0.25) is 0 Å². The maximum absolute atomic E-state index is 11.8. The van der Waals surface area contributed by atoms with Crippen molar-refractivity contribution in [2.24, 2.45) is 58.0 Å². The lowest BCUT2D eigenvalue weighted by atomic mass is 9.43. The van der Waals surface area contributed by atoms with Gasteiger partial charge in [-0.1, -0.05) is 41.0 Å². The first-order valence-corrected chi connectivity index (χ1v) is 17.7. The number of hydrogen-bond donors (Lipinski definition) is 5. The molecule has 234 valence electrons. The summed E-state index contributed by atoms with van der Waals surface area (Å²) in [6, 6.07) is 0.621. The standard InChI is InChI=1S/C35H67N3O2/c1-6-24(2)31(39)13-10-25(3)28-11-12-29-33-30(15-17-35(28,29)5)34(4)16-14-27(22-26(34)23-32(33)40)38-21-9-20-37-19-8-7-18-36/h24-33,37-40H,6-23,36H2,1-5H3/t24?,25-,26-,27+,28?,29?,30?,31?,32?,33?,34+,35-/m1/s1. The Hall–Kier alpha value is -0.200. The fraction of sp³-hybridized carbons (Fsp3) is 1.00. The van der Waals surface area contributed by atoms with Crippen molar-refractivity contribution in [3.63, 3.8) is 0 Å². The van der Waals surface area contributed by atoms with E-state index in [1.165, 1.54) is 57.8 Å². The average molecular weight is 562 g/mol. The second-order valence-electron chi connectivity index (χ2n) is 15.6. The maximum atomic E-state index is 11.8. The van der Waals surface area contributed by atoms with E-state index < -0.39 is 0 Å². The Labute approximate surface area is 247 Å². The van der Waals surface area contributed by atoms with Crippen molar-refractivity contribution in [2.45, 2.75) is 143 Å². The molecular weight excluding hydrogens is 494 g/mol. The summed E-state index contributed by atoms with van der Waals surface area (Å²) in [5, 5.41) is 29.8. The summed E-state index contributed by atoms with van der Waals surface area (Å²) in [6.07, 6.45) is 16.6. The third-order valence-corrected chi connectivity index (χ3v) is 13.4. The minimum absolute atomic E-state index is 0.120. The van der Waals surface area contributed by atoms with E-state index >= 15 is 0 Å². The van der Waals surface area contributed by atoms with Gasteiger partial charge in [-0.2, -0.15) is 0 Å². The van der Waals surface area contributed by atoms with Crippen LogP contribution in [0.3, 0.4) is 0 Å². The number of fused-ring (bicyclic) bond motifs is 5. The quantitative estimate of drug-likeness (QED) is 0.156. The monoisotopic (exact) mass is 562 g/mol. The molecule has 0 aromatic carbocycles. The van der Waals surface area contributed by atoms with Crippen molar-refractivity contribution >= 4 is 0 Å². The number of unbranched alkanes of at least 4 members (excludes halogenated alkanes) is 1. The van der Waals surface area contributed by atoms with E-state index in [9.17, 15) is 10.2 Å². The van der Waals surface area contributed by atoms with Crippen LogP contribution < -0.4 is 16.4 Å². The van der Waals surface area contributed by atoms with Crippen LogP contribution in [0.25, 0.3) is 0 Å². The van der Waals surface area contributed by atoms with Gasteiger partial charge >= 0.3 is 0 Å². The van der Waals surface area contributed by atoms with E-state index in [0.29, 0.717) is 52.4 Å². The molecule has 0 aromatic heterocycles. The summed E-state index contributed by atoms with van der Waals surface area (Å²) in [5.74, 6) is 4.34. The summed E-state index contributed by atoms with van der Waals surface area (Å²) in [6.45, 7) is 16.1. The van der Waals surface area contributed by atoms with E-state index in [0.717, 1.165) is 64.2 Å². The molecule has 6 N–H and O–H groups in total. The first kappa shape index (κ1) is 32.7. The maximum Gasteiger partial charge on any atom is 0.0577 e. The van der Waals surface area contributed by atoms with E-state index in [2.05, 4.69) is 45.3 Å². The zero-order valence-corrected chi connectivity index (χ0v) is 27.0. The molecule has 0 aliphatic heterocycles. The minimum Gasteiger partial charge on any atom is -0.393 e. The smallest absolute Gasteiger partial charge is 0.0577 e. The summed E-state index contributed by atoms with van der Waals surface area (Å²) in [7, 11) is 0. The van der Waals surface area contributed by atoms with Gasteiger partial charge in [0.1, 0.15) is 0 Å². The van der Waals surface area contributed by atoms with Crippen LogP contribution in [0.15, 0.2) is 0 Å². The number of aliphatic hydroxyl groups excluding tert-OH is 2. The van der Waals surface area contributed by atoms with Crippen LogP contribution in [0.5, 0.6) is 0 Å². The van der Waals surface area contributed by atoms with Crippen LogP contribution in [-0.4, -0.2) is 54.6 Å². The summed E-state index contributed by atoms with van der Waals surface area (Å²) in [4.78, 5) is 0. The molecule has 4 saturated carbocycles. The number of nitrogens with one attached hydrogen (secondary N) is 2. The van der Waals surface area contributed by atoms with Gasteiger partial charge in [0.25, 0.3) is 0 Å². The second kappa shape index (κ2) is 14.5. The predicted octanol–water partition coefficient (Wildman–Crippen LogP) is 6.12. The molecule has 7 unspecified atom stereocenters. The van der Waals surface area contributed by atoms with E-state index in [1.54, 1.807) is 0 Å². The lowest BCUT2D eigenvalue weighted by molar-refractivity contribution is -0.167. The molecular formula is C35H67N3O2. The van der Waals surface area contributed by atoms with Crippen LogP contribution in [0.1, 0.15) is 125 Å². The molecule has 4 aliphatic carbocycles. The molecule has 12 atom stereocenters. The van der Waals surface area contributed by atoms with Crippen LogP contribution in [0.2, 0.25) is 0 Å². The zero-order chi connectivity index (χ0) is 28.9. The Kier molecular flexibility index (Phi) is 11.9. The SMILES string of the molecule is CCC(C)C(O)CC[C@@H](C)C1CCC2C3C(O)C[C@H]4C[C@@H](NCCCNCCCCN)CC[C@]4(C)C3CC[C@@]21C. The third kappa shape index (κ3) is 6.95. The zero-order valence-electron chi connectivity index (χ0n) is 27.0. The molecule has 4 rings (SSSR count). The van der Waals surface area contributed by atoms with Crippen LogP contribution in [0.4, 0.5) is 0 Å². The van der Waals surface area contributed by atoms with Crippen molar-refractivity contribution in [3.8, 4) is 0 Å². The van der Waals surface area contributed by atoms with E-state index in [-0.39, 0.29) is 12.2 Å². The highest BCUT2D eigenvalue weighted by Gasteiger charge is 2.62. The highest BCUT2D eigenvalue weighted by molar-refractivity contribution is 5.12. The van der Waals surface area contributed by atoms with Crippen molar-refractivity contribution in [1.29, 1.82) is 0 Å². The Morgan fingerprint density at radius 2 is 1.60 bits per heavy atom. The summed E-state index contributed by atoms with van der Waals surface area (Å²) < 4.78 is 0. The Balaban J connectivity index is 1.30. The van der Waals surface area contributed by atoms with Gasteiger partial charge in [-0.15, -0.1) is 0 Å². The molecule has 4 aliphatic rings. The first-order chi connectivity index (χ1) is 19.2. The molecule has 0 aromatic rings. The largest absolute Gasteiger partial charge is 0.393 e.